The molecule has 1 fully saturated rings. The van der Waals surface area contributed by atoms with Crippen molar-refractivity contribution in [3.05, 3.63) is 11.6 Å². The van der Waals surface area contributed by atoms with E-state index in [4.69, 9.17) is 14.2 Å². The van der Waals surface area contributed by atoms with Crippen LogP contribution >= 0.6 is 0 Å². The normalized spacial score (nSPS) is 30.2. The smallest absolute Gasteiger partial charge is 0.545 e. The number of rotatable bonds is 6. The summed E-state index contributed by atoms with van der Waals surface area (Å²) in [5.41, 5.74) is 0.00290. The second-order valence-corrected chi connectivity index (χ2v) is 6.70. The Balaban J connectivity index is 0.00000312. The first-order valence-corrected chi connectivity index (χ1v) is 8.39. The molecule has 1 saturated heterocycles. The van der Waals surface area contributed by atoms with Gasteiger partial charge in [-0.25, -0.2) is 0 Å². The molecular weight excluding hydrogens is 337 g/mol. The van der Waals surface area contributed by atoms with Gasteiger partial charge in [-0.2, -0.15) is 0 Å². The number of carboxylic acids is 1. The third kappa shape index (κ3) is 5.28. The summed E-state index contributed by atoms with van der Waals surface area (Å²) in [6, 6.07) is -0.530. The standard InChI is InChI=1S/C17H27NO6.Na/c1-6-10(7-2)22-12-8-11(16(20)21)14-15(13(12)18-9(3)19)24-17(4,5)23-14;/h8,10,12-15H,6-7H2,1-5H3,(H,18,19)(H,20,21);/q;+1/p-1/t12?,13-,14+,15-;/m0./s1. The largest absolute Gasteiger partial charge is 1.00 e. The van der Waals surface area contributed by atoms with E-state index in [-0.39, 0.29) is 47.1 Å². The van der Waals surface area contributed by atoms with E-state index in [1.165, 1.54) is 13.0 Å². The number of hydrogen-bond donors (Lipinski definition) is 1. The Bertz CT molecular complexity index is 531. The fraction of sp³-hybridized carbons (Fsp3) is 0.765. The third-order valence-electron chi connectivity index (χ3n) is 4.35. The Morgan fingerprint density at radius 1 is 1.32 bits per heavy atom. The van der Waals surface area contributed by atoms with Crippen molar-refractivity contribution in [2.24, 2.45) is 0 Å². The number of fused-ring (bicyclic) bond motifs is 1. The average molecular weight is 363 g/mol. The van der Waals surface area contributed by atoms with Gasteiger partial charge >= 0.3 is 29.6 Å². The zero-order chi connectivity index (χ0) is 18.1. The minimum absolute atomic E-state index is 0. The van der Waals surface area contributed by atoms with Gasteiger partial charge in [0.1, 0.15) is 12.2 Å². The van der Waals surface area contributed by atoms with E-state index in [0.29, 0.717) is 0 Å². The molecule has 0 aromatic carbocycles. The van der Waals surface area contributed by atoms with Crippen LogP contribution in [-0.2, 0) is 23.8 Å². The fourth-order valence-corrected chi connectivity index (χ4v) is 3.27. The van der Waals surface area contributed by atoms with Crippen molar-refractivity contribution in [2.45, 2.75) is 83.7 Å². The van der Waals surface area contributed by atoms with Crippen molar-refractivity contribution in [3.63, 3.8) is 0 Å². The summed E-state index contributed by atoms with van der Waals surface area (Å²) >= 11 is 0. The van der Waals surface area contributed by atoms with Crippen molar-refractivity contribution < 1.29 is 58.5 Å². The van der Waals surface area contributed by atoms with E-state index in [1.54, 1.807) is 13.8 Å². The molecule has 2 aliphatic rings. The van der Waals surface area contributed by atoms with Gasteiger partial charge in [0.2, 0.25) is 5.91 Å². The Kier molecular flexibility index (Phi) is 8.11. The van der Waals surface area contributed by atoms with E-state index < -0.39 is 36.1 Å². The molecule has 0 aromatic heterocycles. The van der Waals surface area contributed by atoms with Crippen molar-refractivity contribution in [2.75, 3.05) is 0 Å². The van der Waals surface area contributed by atoms with Crippen molar-refractivity contribution in [1.29, 1.82) is 0 Å². The van der Waals surface area contributed by atoms with Crippen LogP contribution in [0, 0.1) is 0 Å². The van der Waals surface area contributed by atoms with Crippen LogP contribution in [-0.4, -0.2) is 48.1 Å². The van der Waals surface area contributed by atoms with Crippen LogP contribution in [0.15, 0.2) is 11.6 Å². The van der Waals surface area contributed by atoms with Gasteiger partial charge in [0, 0.05) is 12.5 Å². The first kappa shape index (κ1) is 22.6. The molecule has 1 amide bonds. The van der Waals surface area contributed by atoms with Crippen molar-refractivity contribution in [3.8, 4) is 0 Å². The van der Waals surface area contributed by atoms with E-state index in [1.807, 2.05) is 13.8 Å². The fourth-order valence-electron chi connectivity index (χ4n) is 3.27. The van der Waals surface area contributed by atoms with Crippen LogP contribution in [0.2, 0.25) is 0 Å². The topological polar surface area (TPSA) is 96.9 Å². The number of carboxylic acid groups (broad SMARTS) is 1. The maximum absolute atomic E-state index is 11.6. The molecule has 1 aliphatic carbocycles. The number of amides is 1. The summed E-state index contributed by atoms with van der Waals surface area (Å²) in [4.78, 5) is 23.2. The predicted molar refractivity (Wildman–Crippen MR) is 83.8 cm³/mol. The molecule has 7 nitrogen and oxygen atoms in total. The van der Waals surface area contributed by atoms with E-state index in [9.17, 15) is 14.7 Å². The number of ether oxygens (including phenoxy) is 3. The third-order valence-corrected chi connectivity index (χ3v) is 4.35. The van der Waals surface area contributed by atoms with Gasteiger partial charge in [0.25, 0.3) is 0 Å². The summed E-state index contributed by atoms with van der Waals surface area (Å²) in [5.74, 6) is -2.51. The second kappa shape index (κ2) is 8.97. The molecule has 8 heteroatoms. The van der Waals surface area contributed by atoms with Crippen LogP contribution in [0.4, 0.5) is 0 Å². The van der Waals surface area contributed by atoms with Crippen LogP contribution in [0.3, 0.4) is 0 Å². The molecule has 2 rings (SSSR count). The summed E-state index contributed by atoms with van der Waals surface area (Å²) < 4.78 is 17.6. The number of aliphatic carboxylic acids is 1. The molecule has 0 saturated carbocycles. The van der Waals surface area contributed by atoms with E-state index >= 15 is 0 Å². The van der Waals surface area contributed by atoms with Crippen LogP contribution < -0.4 is 40.0 Å². The summed E-state index contributed by atoms with van der Waals surface area (Å²) in [5, 5.41) is 14.4. The molecule has 0 bridgehead atoms. The van der Waals surface area contributed by atoms with Gasteiger partial charge in [0.05, 0.1) is 24.2 Å². The summed E-state index contributed by atoms with van der Waals surface area (Å²) in [6.45, 7) is 8.81. The van der Waals surface area contributed by atoms with Crippen molar-refractivity contribution in [1.82, 2.24) is 5.32 Å². The van der Waals surface area contributed by atoms with Gasteiger partial charge in [-0.05, 0) is 32.8 Å². The maximum Gasteiger partial charge on any atom is 1.00 e. The monoisotopic (exact) mass is 363 g/mol. The van der Waals surface area contributed by atoms with Gasteiger partial charge in [-0.15, -0.1) is 0 Å². The molecule has 1 N–H and O–H groups in total. The number of hydrogen-bond acceptors (Lipinski definition) is 6. The molecule has 136 valence electrons. The van der Waals surface area contributed by atoms with Gasteiger partial charge < -0.3 is 29.4 Å². The molecule has 0 radical (unpaired) electrons. The van der Waals surface area contributed by atoms with Crippen LogP contribution in [0.1, 0.15) is 47.5 Å². The van der Waals surface area contributed by atoms with Crippen LogP contribution in [0.5, 0.6) is 0 Å². The Hall–Kier alpha value is -0.440. The van der Waals surface area contributed by atoms with Gasteiger partial charge in [0.15, 0.2) is 5.79 Å². The summed E-state index contributed by atoms with van der Waals surface area (Å²) in [6.07, 6.45) is 0.934. The van der Waals surface area contributed by atoms with E-state index in [2.05, 4.69) is 5.32 Å². The zero-order valence-electron chi connectivity index (χ0n) is 15.8. The van der Waals surface area contributed by atoms with Gasteiger partial charge in [-0.1, -0.05) is 13.8 Å². The van der Waals surface area contributed by atoms with Gasteiger partial charge in [-0.3, -0.25) is 4.79 Å². The molecule has 1 aliphatic heterocycles. The number of nitrogens with one attached hydrogen (secondary N) is 1. The number of carbonyl (C=O) groups is 2. The molecule has 4 atom stereocenters. The first-order valence-electron chi connectivity index (χ1n) is 8.39. The molecular formula is C17H26NNaO6. The molecule has 0 spiro atoms. The Labute approximate surface area is 170 Å². The Morgan fingerprint density at radius 3 is 2.40 bits per heavy atom. The quantitative estimate of drug-likeness (QED) is 0.515. The molecule has 25 heavy (non-hydrogen) atoms. The zero-order valence-corrected chi connectivity index (χ0v) is 17.8. The molecule has 0 aromatic rings. The minimum Gasteiger partial charge on any atom is -0.545 e. The summed E-state index contributed by atoms with van der Waals surface area (Å²) in [7, 11) is 0. The van der Waals surface area contributed by atoms with Crippen LogP contribution in [0.25, 0.3) is 0 Å². The first-order chi connectivity index (χ1) is 11.2. The Morgan fingerprint density at radius 2 is 1.92 bits per heavy atom. The van der Waals surface area contributed by atoms with Crippen molar-refractivity contribution >= 4 is 11.9 Å². The maximum atomic E-state index is 11.6. The molecule has 1 heterocycles. The SMILES string of the molecule is CCC(CC)OC1C=C(C(=O)[O-])[C@H]2OC(C)(C)O[C@H]2[C@H]1NC(C)=O.[Na+]. The predicted octanol–water partition coefficient (Wildman–Crippen LogP) is -2.72. The van der Waals surface area contributed by atoms with E-state index in [0.717, 1.165) is 12.8 Å². The molecule has 1 unspecified atom stereocenters. The average Bonchev–Trinajstić information content (AvgIpc) is 2.80. The minimum atomic E-state index is -1.31. The number of carbonyl (C=O) groups excluding carboxylic acids is 2. The second-order valence-electron chi connectivity index (χ2n) is 6.70.